The van der Waals surface area contributed by atoms with Crippen LogP contribution in [-0.4, -0.2) is 18.2 Å². The number of rotatable bonds is 5. The monoisotopic (exact) mass is 300 g/mol. The number of ether oxygens (including phenoxy) is 1. The second-order valence-electron chi connectivity index (χ2n) is 5.08. The summed E-state index contributed by atoms with van der Waals surface area (Å²) < 4.78 is 6.84. The van der Waals surface area contributed by atoms with Crippen LogP contribution in [0, 0.1) is 0 Å². The smallest absolute Gasteiger partial charge is 0.0643 e. The lowest BCUT2D eigenvalue weighted by molar-refractivity contribution is -0.0143. The van der Waals surface area contributed by atoms with E-state index in [1.54, 1.807) is 0 Å². The first kappa shape index (κ1) is 14.6. The van der Waals surface area contributed by atoms with E-state index in [4.69, 9.17) is 10.6 Å². The number of benzene rings is 1. The van der Waals surface area contributed by atoms with Gasteiger partial charge in [0, 0.05) is 10.5 Å². The first-order chi connectivity index (χ1) is 7.92. The standard InChI is InChI=1S/C13H21BrN2O/c1-13(2,3)17-9-11(16-15)8-10-6-4-5-7-12(10)14/h4-7,11,16H,8-9,15H2,1-3H3. The zero-order chi connectivity index (χ0) is 12.9. The maximum absolute atomic E-state index is 5.74. The SMILES string of the molecule is CC(C)(C)OCC(Cc1ccccc1Br)NN. The van der Waals surface area contributed by atoms with Gasteiger partial charge in [0.2, 0.25) is 0 Å². The van der Waals surface area contributed by atoms with Crippen molar-refractivity contribution in [3.63, 3.8) is 0 Å². The minimum absolute atomic E-state index is 0.118. The fraction of sp³-hybridized carbons (Fsp3) is 0.538. The van der Waals surface area contributed by atoms with Crippen molar-refractivity contribution in [3.8, 4) is 0 Å². The molecule has 0 bridgehead atoms. The fourth-order valence-corrected chi connectivity index (χ4v) is 1.89. The quantitative estimate of drug-likeness (QED) is 0.649. The highest BCUT2D eigenvalue weighted by atomic mass is 79.9. The van der Waals surface area contributed by atoms with Gasteiger partial charge in [-0.05, 0) is 38.8 Å². The Morgan fingerprint density at radius 2 is 2.00 bits per heavy atom. The molecule has 0 aromatic heterocycles. The van der Waals surface area contributed by atoms with Crippen LogP contribution in [0.5, 0.6) is 0 Å². The molecule has 0 aliphatic carbocycles. The number of nitrogens with two attached hydrogens (primary N) is 1. The number of hydrogen-bond acceptors (Lipinski definition) is 3. The maximum atomic E-state index is 5.74. The molecule has 3 N–H and O–H groups in total. The predicted octanol–water partition coefficient (Wildman–Crippen LogP) is 2.64. The van der Waals surface area contributed by atoms with Gasteiger partial charge >= 0.3 is 0 Å². The lowest BCUT2D eigenvalue weighted by Gasteiger charge is -2.24. The Kier molecular flexibility index (Phi) is 5.59. The molecule has 4 heteroatoms. The molecule has 17 heavy (non-hydrogen) atoms. The molecule has 1 aromatic carbocycles. The lowest BCUT2D eigenvalue weighted by Crippen LogP contribution is -2.42. The van der Waals surface area contributed by atoms with E-state index in [1.165, 1.54) is 5.56 Å². The van der Waals surface area contributed by atoms with E-state index in [1.807, 2.05) is 39.0 Å². The summed E-state index contributed by atoms with van der Waals surface area (Å²) in [7, 11) is 0. The molecule has 0 aliphatic rings. The maximum Gasteiger partial charge on any atom is 0.0643 e. The summed E-state index contributed by atoms with van der Waals surface area (Å²) in [6.07, 6.45) is 0.841. The van der Waals surface area contributed by atoms with E-state index in [-0.39, 0.29) is 11.6 Å². The van der Waals surface area contributed by atoms with Crippen LogP contribution in [0.25, 0.3) is 0 Å². The van der Waals surface area contributed by atoms with Crippen LogP contribution in [0.3, 0.4) is 0 Å². The number of hydrogen-bond donors (Lipinski definition) is 2. The summed E-state index contributed by atoms with van der Waals surface area (Å²) in [5, 5.41) is 0. The van der Waals surface area contributed by atoms with E-state index in [9.17, 15) is 0 Å². The van der Waals surface area contributed by atoms with Gasteiger partial charge in [0.25, 0.3) is 0 Å². The second kappa shape index (κ2) is 6.50. The van der Waals surface area contributed by atoms with Gasteiger partial charge in [-0.2, -0.15) is 0 Å². The van der Waals surface area contributed by atoms with Gasteiger partial charge in [0.05, 0.1) is 12.2 Å². The third-order valence-corrected chi connectivity index (χ3v) is 3.15. The molecule has 0 amide bonds. The van der Waals surface area contributed by atoms with Crippen LogP contribution in [0.4, 0.5) is 0 Å². The largest absolute Gasteiger partial charge is 0.374 e. The Labute approximate surface area is 112 Å². The highest BCUT2D eigenvalue weighted by Crippen LogP contribution is 2.18. The van der Waals surface area contributed by atoms with Crippen LogP contribution in [-0.2, 0) is 11.2 Å². The van der Waals surface area contributed by atoms with Crippen LogP contribution < -0.4 is 11.3 Å². The number of halogens is 1. The number of nitrogens with one attached hydrogen (secondary N) is 1. The average Bonchev–Trinajstić information content (AvgIpc) is 2.25. The van der Waals surface area contributed by atoms with E-state index in [0.717, 1.165) is 10.9 Å². The molecule has 0 spiro atoms. The third-order valence-electron chi connectivity index (χ3n) is 2.38. The summed E-state index contributed by atoms with van der Waals surface area (Å²) in [6, 6.07) is 8.27. The molecule has 0 saturated heterocycles. The van der Waals surface area contributed by atoms with Gasteiger partial charge in [-0.3, -0.25) is 11.3 Å². The van der Waals surface area contributed by atoms with Gasteiger partial charge in [0.1, 0.15) is 0 Å². The normalized spacial score (nSPS) is 13.7. The molecule has 0 fully saturated rings. The molecule has 0 radical (unpaired) electrons. The molecule has 3 nitrogen and oxygen atoms in total. The molecule has 96 valence electrons. The number of hydrazine groups is 1. The minimum atomic E-state index is -0.136. The van der Waals surface area contributed by atoms with Crippen molar-refractivity contribution in [1.82, 2.24) is 5.43 Å². The minimum Gasteiger partial charge on any atom is -0.374 e. The Bertz CT molecular complexity index is 350. The molecule has 1 unspecified atom stereocenters. The molecule has 0 saturated carbocycles. The van der Waals surface area contributed by atoms with Gasteiger partial charge in [0.15, 0.2) is 0 Å². The van der Waals surface area contributed by atoms with E-state index >= 15 is 0 Å². The van der Waals surface area contributed by atoms with Crippen molar-refractivity contribution >= 4 is 15.9 Å². The highest BCUT2D eigenvalue weighted by Gasteiger charge is 2.15. The molecular weight excluding hydrogens is 280 g/mol. The Hall–Kier alpha value is -0.420. The topological polar surface area (TPSA) is 47.3 Å². The van der Waals surface area contributed by atoms with E-state index in [2.05, 4.69) is 27.4 Å². The molecule has 0 aliphatic heterocycles. The van der Waals surface area contributed by atoms with Gasteiger partial charge in [-0.15, -0.1) is 0 Å². The Balaban J connectivity index is 2.56. The van der Waals surface area contributed by atoms with Crippen LogP contribution in [0.2, 0.25) is 0 Å². The van der Waals surface area contributed by atoms with E-state index < -0.39 is 0 Å². The Morgan fingerprint density at radius 1 is 1.35 bits per heavy atom. The first-order valence-corrected chi connectivity index (χ1v) is 6.55. The summed E-state index contributed by atoms with van der Waals surface area (Å²) in [4.78, 5) is 0. The zero-order valence-corrected chi connectivity index (χ0v) is 12.3. The third kappa shape index (κ3) is 5.64. The molecule has 1 aromatic rings. The highest BCUT2D eigenvalue weighted by molar-refractivity contribution is 9.10. The summed E-state index contributed by atoms with van der Waals surface area (Å²) in [5.41, 5.74) is 3.90. The van der Waals surface area contributed by atoms with Crippen LogP contribution in [0.1, 0.15) is 26.3 Å². The van der Waals surface area contributed by atoms with Crippen molar-refractivity contribution in [3.05, 3.63) is 34.3 Å². The Morgan fingerprint density at radius 3 is 2.53 bits per heavy atom. The van der Waals surface area contributed by atoms with Crippen LogP contribution >= 0.6 is 15.9 Å². The molecule has 1 rings (SSSR count). The lowest BCUT2D eigenvalue weighted by atomic mass is 10.1. The van der Waals surface area contributed by atoms with Gasteiger partial charge in [-0.1, -0.05) is 34.1 Å². The van der Waals surface area contributed by atoms with Crippen molar-refractivity contribution in [2.75, 3.05) is 6.61 Å². The van der Waals surface area contributed by atoms with Crippen LogP contribution in [0.15, 0.2) is 28.7 Å². The van der Waals surface area contributed by atoms with Crippen molar-refractivity contribution in [1.29, 1.82) is 0 Å². The molecular formula is C13H21BrN2O. The molecule has 1 atom stereocenters. The van der Waals surface area contributed by atoms with E-state index in [0.29, 0.717) is 6.61 Å². The van der Waals surface area contributed by atoms with Crippen molar-refractivity contribution < 1.29 is 4.74 Å². The van der Waals surface area contributed by atoms with Crippen molar-refractivity contribution in [2.24, 2.45) is 5.84 Å². The predicted molar refractivity (Wildman–Crippen MR) is 74.7 cm³/mol. The fourth-order valence-electron chi connectivity index (χ4n) is 1.45. The van der Waals surface area contributed by atoms with Gasteiger partial charge in [-0.25, -0.2) is 0 Å². The average molecular weight is 301 g/mol. The zero-order valence-electron chi connectivity index (χ0n) is 10.7. The van der Waals surface area contributed by atoms with Gasteiger partial charge < -0.3 is 4.74 Å². The second-order valence-corrected chi connectivity index (χ2v) is 5.94. The summed E-state index contributed by atoms with van der Waals surface area (Å²) >= 11 is 3.54. The van der Waals surface area contributed by atoms with Crippen molar-refractivity contribution in [2.45, 2.75) is 38.8 Å². The molecule has 0 heterocycles. The first-order valence-electron chi connectivity index (χ1n) is 5.76. The summed E-state index contributed by atoms with van der Waals surface area (Å²) in [5.74, 6) is 5.55. The summed E-state index contributed by atoms with van der Waals surface area (Å²) in [6.45, 7) is 6.72.